The first kappa shape index (κ1) is 37.4. The van der Waals surface area contributed by atoms with Gasteiger partial charge in [0.1, 0.15) is 11.5 Å². The zero-order chi connectivity index (χ0) is 35.2. The highest BCUT2D eigenvalue weighted by Crippen LogP contribution is 2.47. The Hall–Kier alpha value is -4.37. The molecule has 0 N–H and O–H groups in total. The summed E-state index contributed by atoms with van der Waals surface area (Å²) in [5.41, 5.74) is 6.38. The van der Waals surface area contributed by atoms with Crippen molar-refractivity contribution in [3.05, 3.63) is 102 Å². The normalized spacial score (nSPS) is 12.8. The van der Waals surface area contributed by atoms with Crippen LogP contribution in [0.4, 0.5) is 4.39 Å². The Balaban J connectivity index is 1.25. The Morgan fingerprint density at radius 1 is 0.837 bits per heavy atom. The molecule has 0 saturated heterocycles. The fourth-order valence-electron chi connectivity index (χ4n) is 5.77. The molecule has 3 aromatic rings. The number of halogens is 1. The number of carbonyl (C=O) groups is 3. The van der Waals surface area contributed by atoms with Crippen molar-refractivity contribution in [2.75, 3.05) is 19.8 Å². The van der Waals surface area contributed by atoms with Gasteiger partial charge in [-0.3, -0.25) is 9.59 Å². The van der Waals surface area contributed by atoms with Crippen molar-refractivity contribution in [1.29, 1.82) is 0 Å². The quantitative estimate of drug-likeness (QED) is 0.0381. The lowest BCUT2D eigenvalue weighted by Gasteiger charge is -2.12. The van der Waals surface area contributed by atoms with Gasteiger partial charge < -0.3 is 18.9 Å². The minimum Gasteiger partial charge on any atom is -0.494 e. The summed E-state index contributed by atoms with van der Waals surface area (Å²) in [7, 11) is 0. The Bertz CT molecular complexity index is 1650. The molecule has 3 aromatic carbocycles. The van der Waals surface area contributed by atoms with Gasteiger partial charge in [-0.05, 0) is 133 Å². The van der Waals surface area contributed by atoms with Gasteiger partial charge >= 0.3 is 11.9 Å². The minimum absolute atomic E-state index is 0.0156. The number of fused-ring (bicyclic) bond motifs is 3. The average molecular weight is 689 g/mol. The van der Waals surface area contributed by atoms with Crippen LogP contribution >= 0.6 is 11.8 Å². The molecule has 0 aromatic heterocycles. The van der Waals surface area contributed by atoms with Gasteiger partial charge in [0.25, 0.3) is 0 Å². The van der Waals surface area contributed by atoms with E-state index in [4.69, 9.17) is 18.9 Å². The number of thioether (sulfide) groups is 1. The molecular weight excluding hydrogens is 643 g/mol. The lowest BCUT2D eigenvalue weighted by Crippen LogP contribution is -2.05. The van der Waals surface area contributed by atoms with Crippen LogP contribution < -0.4 is 9.47 Å². The molecule has 1 atom stereocenters. The molecular formula is C40H45FO7S. The first-order valence-electron chi connectivity index (χ1n) is 16.9. The standard InChI is InChI=1S/C40H45FO7S/c1-5-29-24-30(15-20-37(29)47-22-13-9-10-14-38(42)45-6-2)40(44)49-32-17-19-34-33-18-16-31(25-35(33)27(3)36(34)26-32)46-21-11-7-8-12-23-48-39(43)28(4)41/h6,15-20,24-27H,2,4-5,7-14,21-23H2,1,3H3. The van der Waals surface area contributed by atoms with Crippen LogP contribution in [0, 0.1) is 0 Å². The van der Waals surface area contributed by atoms with E-state index in [2.05, 4.69) is 44.3 Å². The van der Waals surface area contributed by atoms with E-state index in [0.717, 1.165) is 73.2 Å². The van der Waals surface area contributed by atoms with Gasteiger partial charge in [0.2, 0.25) is 10.9 Å². The van der Waals surface area contributed by atoms with Gasteiger partial charge in [-0.1, -0.05) is 39.1 Å². The second-order valence-electron chi connectivity index (χ2n) is 11.9. The van der Waals surface area contributed by atoms with Crippen LogP contribution in [0.2, 0.25) is 0 Å². The maximum absolute atomic E-state index is 13.3. The van der Waals surface area contributed by atoms with Crippen molar-refractivity contribution in [2.45, 2.75) is 82.4 Å². The molecule has 0 saturated carbocycles. The van der Waals surface area contributed by atoms with Gasteiger partial charge in [0.15, 0.2) is 0 Å². The van der Waals surface area contributed by atoms with E-state index in [1.807, 2.05) is 37.3 Å². The first-order valence-corrected chi connectivity index (χ1v) is 17.7. The first-order chi connectivity index (χ1) is 23.7. The van der Waals surface area contributed by atoms with Crippen molar-refractivity contribution in [2.24, 2.45) is 0 Å². The third kappa shape index (κ3) is 10.8. The second kappa shape index (κ2) is 19.0. The summed E-state index contributed by atoms with van der Waals surface area (Å²) in [6.07, 6.45) is 7.96. The molecule has 0 fully saturated rings. The molecule has 4 rings (SSSR count). The Kier molecular flexibility index (Phi) is 14.5. The fourth-order valence-corrected chi connectivity index (χ4v) is 6.55. The number of carbonyl (C=O) groups excluding carboxylic acids is 3. The topological polar surface area (TPSA) is 88.1 Å². The lowest BCUT2D eigenvalue weighted by molar-refractivity contribution is -0.141. The molecule has 0 amide bonds. The van der Waals surface area contributed by atoms with Crippen molar-refractivity contribution in [1.82, 2.24) is 0 Å². The summed E-state index contributed by atoms with van der Waals surface area (Å²) in [5.74, 6) is -0.570. The van der Waals surface area contributed by atoms with Crippen LogP contribution in [0.3, 0.4) is 0 Å². The molecule has 1 unspecified atom stereocenters. The smallest absolute Gasteiger partial charge is 0.366 e. The van der Waals surface area contributed by atoms with Crippen LogP contribution in [-0.2, 0) is 25.5 Å². The van der Waals surface area contributed by atoms with Crippen molar-refractivity contribution < 1.29 is 37.7 Å². The third-order valence-electron chi connectivity index (χ3n) is 8.42. The van der Waals surface area contributed by atoms with Crippen molar-refractivity contribution in [3.63, 3.8) is 0 Å². The van der Waals surface area contributed by atoms with Crippen LogP contribution in [0.5, 0.6) is 11.5 Å². The molecule has 1 aliphatic rings. The number of unbranched alkanes of at least 4 members (excludes halogenated alkanes) is 5. The zero-order valence-corrected chi connectivity index (χ0v) is 29.2. The molecule has 7 nitrogen and oxygen atoms in total. The molecule has 0 spiro atoms. The summed E-state index contributed by atoms with van der Waals surface area (Å²) in [4.78, 5) is 36.7. The predicted octanol–water partition coefficient (Wildman–Crippen LogP) is 9.91. The number of hydrogen-bond donors (Lipinski definition) is 0. The van der Waals surface area contributed by atoms with Gasteiger partial charge in [-0.25, -0.2) is 4.79 Å². The van der Waals surface area contributed by atoms with E-state index in [0.29, 0.717) is 31.6 Å². The molecule has 49 heavy (non-hydrogen) atoms. The van der Waals surface area contributed by atoms with E-state index in [-0.39, 0.29) is 23.6 Å². The van der Waals surface area contributed by atoms with Crippen molar-refractivity contribution >= 4 is 28.8 Å². The largest absolute Gasteiger partial charge is 0.494 e. The molecule has 0 radical (unpaired) electrons. The van der Waals surface area contributed by atoms with Gasteiger partial charge in [-0.2, -0.15) is 4.39 Å². The van der Waals surface area contributed by atoms with Gasteiger partial charge in [0.05, 0.1) is 26.1 Å². The number of hydrogen-bond acceptors (Lipinski definition) is 8. The van der Waals surface area contributed by atoms with Crippen LogP contribution in [0.15, 0.2) is 84.7 Å². The SMILES string of the molecule is C=COC(=O)CCCCCOc1ccc(C(=O)Sc2ccc3c(c2)C(C)c2cc(OCCCCCCOC(=O)C(=C)F)ccc2-3)cc1CC. The number of aryl methyl sites for hydroxylation is 1. The number of esters is 2. The van der Waals surface area contributed by atoms with E-state index in [1.54, 1.807) is 0 Å². The van der Waals surface area contributed by atoms with E-state index in [1.165, 1.54) is 34.0 Å². The van der Waals surface area contributed by atoms with Crippen LogP contribution in [0.25, 0.3) is 11.1 Å². The second-order valence-corrected chi connectivity index (χ2v) is 13.0. The Morgan fingerprint density at radius 3 is 2.22 bits per heavy atom. The predicted molar refractivity (Wildman–Crippen MR) is 191 cm³/mol. The van der Waals surface area contributed by atoms with E-state index >= 15 is 0 Å². The maximum Gasteiger partial charge on any atom is 0.366 e. The lowest BCUT2D eigenvalue weighted by atomic mass is 9.99. The molecule has 0 aliphatic heterocycles. The van der Waals surface area contributed by atoms with Gasteiger partial charge in [-0.15, -0.1) is 0 Å². The fraction of sp³-hybridized carbons (Fsp3) is 0.375. The van der Waals surface area contributed by atoms with E-state index < -0.39 is 11.8 Å². The number of benzene rings is 3. The summed E-state index contributed by atoms with van der Waals surface area (Å²) >= 11 is 1.23. The molecule has 0 bridgehead atoms. The summed E-state index contributed by atoms with van der Waals surface area (Å²) in [6.45, 7) is 11.8. The molecule has 260 valence electrons. The Morgan fingerprint density at radius 2 is 1.51 bits per heavy atom. The highest BCUT2D eigenvalue weighted by Gasteiger charge is 2.26. The average Bonchev–Trinajstić information content (AvgIpc) is 3.37. The highest BCUT2D eigenvalue weighted by molar-refractivity contribution is 8.14. The highest BCUT2D eigenvalue weighted by atomic mass is 32.2. The van der Waals surface area contributed by atoms with E-state index in [9.17, 15) is 18.8 Å². The number of ether oxygens (including phenoxy) is 4. The Labute approximate surface area is 292 Å². The number of rotatable bonds is 20. The summed E-state index contributed by atoms with van der Waals surface area (Å²) in [6, 6.07) is 18.1. The summed E-state index contributed by atoms with van der Waals surface area (Å²) in [5, 5.41) is -0.0156. The monoisotopic (exact) mass is 688 g/mol. The maximum atomic E-state index is 13.3. The van der Waals surface area contributed by atoms with Gasteiger partial charge in [0, 0.05) is 22.8 Å². The van der Waals surface area contributed by atoms with Crippen LogP contribution in [-0.4, -0.2) is 36.9 Å². The zero-order valence-electron chi connectivity index (χ0n) is 28.4. The molecule has 9 heteroatoms. The summed E-state index contributed by atoms with van der Waals surface area (Å²) < 4.78 is 34.2. The minimum atomic E-state index is -1.07. The third-order valence-corrected chi connectivity index (χ3v) is 9.33. The molecule has 0 heterocycles. The molecule has 1 aliphatic carbocycles. The van der Waals surface area contributed by atoms with Crippen molar-refractivity contribution in [3.8, 4) is 22.6 Å². The van der Waals surface area contributed by atoms with Crippen LogP contribution in [0.1, 0.15) is 98.2 Å².